The molecule has 12 aromatic rings. The van der Waals surface area contributed by atoms with Crippen molar-refractivity contribution in [3.05, 3.63) is 282 Å². The molecule has 0 atom stereocenters. The summed E-state index contributed by atoms with van der Waals surface area (Å²) in [5.74, 6) is 2.61. The van der Waals surface area contributed by atoms with E-state index in [1.54, 1.807) is 12.7 Å². The van der Waals surface area contributed by atoms with E-state index in [1.165, 1.54) is 234 Å². The van der Waals surface area contributed by atoms with Crippen molar-refractivity contribution >= 4 is 0 Å². The van der Waals surface area contributed by atoms with E-state index in [0.717, 1.165) is 78.8 Å². The van der Waals surface area contributed by atoms with E-state index in [1.807, 2.05) is 33.2 Å². The second-order valence-corrected chi connectivity index (χ2v) is 30.2. The Morgan fingerprint density at radius 1 is 0.204 bits per heavy atom. The van der Waals surface area contributed by atoms with Crippen molar-refractivity contribution in [1.82, 2.24) is 54.8 Å². The van der Waals surface area contributed by atoms with Gasteiger partial charge in [0.25, 0.3) is 0 Å². The zero-order valence-electron chi connectivity index (χ0n) is 65.6. The molecule has 0 bridgehead atoms. The molecule has 0 amide bonds. The first-order chi connectivity index (χ1) is 48.9. The molecular formula is C92H99N11. The molecule has 0 saturated heterocycles. The van der Waals surface area contributed by atoms with Crippen LogP contribution in [-0.2, 0) is 38.5 Å². The second kappa shape index (κ2) is 27.6. The Morgan fingerprint density at radius 3 is 1.17 bits per heavy atom. The van der Waals surface area contributed by atoms with Crippen molar-refractivity contribution in [3.63, 3.8) is 0 Å². The number of benzene rings is 6. The minimum Gasteiger partial charge on any atom is -0.257 e. The minimum atomic E-state index is 0.864. The topological polar surface area (TPSA) is 142 Å². The van der Waals surface area contributed by atoms with Crippen molar-refractivity contribution in [3.8, 4) is 66.8 Å². The van der Waals surface area contributed by atoms with Crippen LogP contribution < -0.4 is 0 Å². The maximum Gasteiger partial charge on any atom is 0.125 e. The highest BCUT2D eigenvalue weighted by atomic mass is 14.9. The van der Waals surface area contributed by atoms with Gasteiger partial charge in [0.05, 0.1) is 34.2 Å². The molecule has 0 saturated carbocycles. The molecule has 0 unspecified atom stereocenters. The highest BCUT2D eigenvalue weighted by Gasteiger charge is 2.31. The summed E-state index contributed by atoms with van der Waals surface area (Å²) in [5.41, 5.74) is 61.0. The summed E-state index contributed by atoms with van der Waals surface area (Å²) in [7, 11) is 0. The predicted octanol–water partition coefficient (Wildman–Crippen LogP) is 20.6. The van der Waals surface area contributed by atoms with Crippen LogP contribution in [0.4, 0.5) is 0 Å². The smallest absolute Gasteiger partial charge is 0.125 e. The van der Waals surface area contributed by atoms with Crippen LogP contribution in [0.15, 0.2) is 73.6 Å². The Hall–Kier alpha value is -10.1. The molecule has 0 radical (unpaired) electrons. The highest BCUT2D eigenvalue weighted by molar-refractivity contribution is 5.85. The van der Waals surface area contributed by atoms with Crippen LogP contribution in [0.5, 0.6) is 0 Å². The number of pyridine rings is 1. The first kappa shape index (κ1) is 71.3. The maximum absolute atomic E-state index is 4.78. The van der Waals surface area contributed by atoms with Crippen LogP contribution in [0.2, 0.25) is 0 Å². The van der Waals surface area contributed by atoms with Gasteiger partial charge in [0.2, 0.25) is 0 Å². The van der Waals surface area contributed by atoms with Crippen molar-refractivity contribution in [2.75, 3.05) is 0 Å². The average molecular weight is 1360 g/mol. The molecular weight excluding hydrogens is 1260 g/mol. The van der Waals surface area contributed by atoms with Gasteiger partial charge < -0.3 is 0 Å². The number of aryl methyl sites for hydroxylation is 17. The van der Waals surface area contributed by atoms with Gasteiger partial charge in [0, 0.05) is 107 Å². The zero-order valence-corrected chi connectivity index (χ0v) is 65.6. The molecule has 0 aliphatic heterocycles. The van der Waals surface area contributed by atoms with Gasteiger partial charge in [-0.1, -0.05) is 42.5 Å². The molecule has 0 N–H and O–H groups in total. The lowest BCUT2D eigenvalue weighted by Gasteiger charge is -2.12. The van der Waals surface area contributed by atoms with Crippen LogP contribution in [0.25, 0.3) is 66.8 Å². The van der Waals surface area contributed by atoms with Crippen LogP contribution in [0, 0.1) is 173 Å². The Bertz CT molecular complexity index is 5570. The number of hydrogen-bond donors (Lipinski definition) is 0. The first-order valence-corrected chi connectivity index (χ1v) is 36.6. The molecule has 6 aliphatic rings. The number of nitrogens with zero attached hydrogens (tertiary/aromatic N) is 11. The summed E-state index contributed by atoms with van der Waals surface area (Å²) in [6, 6.07) is 18.1. The van der Waals surface area contributed by atoms with Gasteiger partial charge >= 0.3 is 0 Å². The van der Waals surface area contributed by atoms with Gasteiger partial charge in [-0.3, -0.25) is 4.98 Å². The lowest BCUT2D eigenvalue weighted by Crippen LogP contribution is -1.97. The third-order valence-corrected chi connectivity index (χ3v) is 23.7. The Labute approximate surface area is 611 Å². The average Bonchev–Trinajstić information content (AvgIpc) is 1.66. The van der Waals surface area contributed by atoms with Crippen molar-refractivity contribution in [2.24, 2.45) is 0 Å². The SMILES string of the molecule is Cc1cc(C)c2c(c1C)Cc1ncnc(C)c1-2.Cc1cc2c(c(C)c1C)Cc1ncnc(C)c1-2.Cc1cc2c(nc1C)Cc1c(C)c(C)cc(C)c1-2.Cc1nc(C)c2c(n1)Cc1c-2ccc(C)c1C.Cc1ncc2c(n1)Cc1c(C)c(C)cc(C)c1-2.Cc1ncc2c(n1)Cc1c-2cc(C)c(C)c1C. The van der Waals surface area contributed by atoms with Crippen molar-refractivity contribution < 1.29 is 0 Å². The molecule has 522 valence electrons. The quantitative estimate of drug-likeness (QED) is 0.143. The third kappa shape index (κ3) is 12.8. The molecule has 6 aliphatic carbocycles. The van der Waals surface area contributed by atoms with Crippen molar-refractivity contribution in [1.29, 1.82) is 0 Å². The summed E-state index contributed by atoms with van der Waals surface area (Å²) in [4.78, 5) is 49.1. The number of rotatable bonds is 0. The van der Waals surface area contributed by atoms with Gasteiger partial charge in [0.15, 0.2) is 0 Å². The van der Waals surface area contributed by atoms with Gasteiger partial charge in [-0.25, -0.2) is 49.8 Å². The Morgan fingerprint density at radius 2 is 0.592 bits per heavy atom. The Balaban J connectivity index is 0.000000110. The fraction of sp³-hybridized carbons (Fsp3) is 0.337. The molecule has 0 spiro atoms. The molecule has 18 rings (SSSR count). The fourth-order valence-corrected chi connectivity index (χ4v) is 16.9. The normalized spacial score (nSPS) is 12.5. The number of aromatic nitrogens is 11. The van der Waals surface area contributed by atoms with E-state index in [0.29, 0.717) is 0 Å². The second-order valence-electron chi connectivity index (χ2n) is 30.2. The molecule has 11 heteroatoms. The molecule has 103 heavy (non-hydrogen) atoms. The first-order valence-electron chi connectivity index (χ1n) is 36.6. The largest absolute Gasteiger partial charge is 0.257 e. The van der Waals surface area contributed by atoms with E-state index in [2.05, 4.69) is 251 Å². The lowest BCUT2D eigenvalue weighted by molar-refractivity contribution is 0.965. The monoisotopic (exact) mass is 1360 g/mol. The molecule has 11 nitrogen and oxygen atoms in total. The third-order valence-electron chi connectivity index (χ3n) is 23.7. The molecule has 6 heterocycles. The van der Waals surface area contributed by atoms with E-state index < -0.39 is 0 Å². The summed E-state index contributed by atoms with van der Waals surface area (Å²) < 4.78 is 0. The summed E-state index contributed by atoms with van der Waals surface area (Å²) in [5, 5.41) is 0. The van der Waals surface area contributed by atoms with Crippen LogP contribution >= 0.6 is 0 Å². The van der Waals surface area contributed by atoms with Gasteiger partial charge in [-0.2, -0.15) is 0 Å². The van der Waals surface area contributed by atoms with Gasteiger partial charge in [-0.05, 0) is 346 Å². The standard InChI is InChI=1S/C17H19N.5C15H16N2/c1-9-6-11(3)17-14(12(9)4)8-16-15(17)7-10(2)13(5)18-16;1-8-5-13-12(10(3)9(8)2)6-15-14(13)7-16-11(4)17-15;1-8-5-13-12(10(3)9(8)2)6-14-15(13)11(4)16-7-17-14;1-8-5-9(2)15-12(10(8)3)6-14-13(15)7-16-11(4)17-14;1-8-5-9(2)14-12(10(8)3)6-13-15(14)11(4)16-7-17-13;1-8-5-6-12-13(9(8)2)7-14-15(12)10(3)16-11(4)17-14/h6-7H,8H2,1-5H3;4*5,7H,6H2,1-4H3;5-6H,7H2,1-4H3. The molecule has 6 aromatic carbocycles. The van der Waals surface area contributed by atoms with E-state index in [4.69, 9.17) is 4.98 Å². The van der Waals surface area contributed by atoms with E-state index in [-0.39, 0.29) is 0 Å². The maximum atomic E-state index is 4.78. The fourth-order valence-electron chi connectivity index (χ4n) is 16.9. The van der Waals surface area contributed by atoms with Crippen LogP contribution in [-0.4, -0.2) is 54.8 Å². The predicted molar refractivity (Wildman–Crippen MR) is 422 cm³/mol. The Kier molecular flexibility index (Phi) is 19.1. The van der Waals surface area contributed by atoms with E-state index >= 15 is 0 Å². The lowest BCUT2D eigenvalue weighted by atomic mass is 9.93. The number of hydrogen-bond acceptors (Lipinski definition) is 11. The minimum absolute atomic E-state index is 0.864. The summed E-state index contributed by atoms with van der Waals surface area (Å²) in [6.07, 6.45) is 13.1. The zero-order chi connectivity index (χ0) is 73.8. The van der Waals surface area contributed by atoms with Crippen LogP contribution in [0.1, 0.15) is 208 Å². The summed E-state index contributed by atoms with van der Waals surface area (Å²) >= 11 is 0. The van der Waals surface area contributed by atoms with Crippen molar-refractivity contribution in [2.45, 2.75) is 212 Å². The summed E-state index contributed by atoms with van der Waals surface area (Å²) in [6.45, 7) is 53.7. The van der Waals surface area contributed by atoms with Crippen LogP contribution in [0.3, 0.4) is 0 Å². The number of fused-ring (bicyclic) bond motifs is 18. The van der Waals surface area contributed by atoms with E-state index in [9.17, 15) is 0 Å². The highest BCUT2D eigenvalue weighted by Crippen LogP contribution is 2.47. The van der Waals surface area contributed by atoms with Gasteiger partial charge in [0.1, 0.15) is 30.1 Å². The van der Waals surface area contributed by atoms with Gasteiger partial charge in [-0.15, -0.1) is 0 Å². The molecule has 0 fully saturated rings. The molecule has 6 aromatic heterocycles.